The average Bonchev–Trinajstić information content (AvgIpc) is 3.61. The van der Waals surface area contributed by atoms with E-state index in [9.17, 15) is 19.2 Å². The number of alkyl carbamates (subject to hydrolysis) is 1. The summed E-state index contributed by atoms with van der Waals surface area (Å²) in [7, 11) is 0. The molecule has 0 radical (unpaired) electrons. The highest BCUT2D eigenvalue weighted by Crippen LogP contribution is 2.32. The number of carbonyl (C=O) groups is 4. The Morgan fingerprint density at radius 1 is 1.14 bits per heavy atom. The van der Waals surface area contributed by atoms with Crippen LogP contribution in [-0.2, 0) is 14.3 Å². The number of nitrogens with one attached hydrogen (secondary N) is 2. The Hall–Kier alpha value is -5.54. The molecule has 224 valence electrons. The van der Waals surface area contributed by atoms with E-state index in [-0.39, 0.29) is 74.6 Å². The Labute approximate surface area is 243 Å². The molecule has 14 nitrogen and oxygen atoms in total. The quantitative estimate of drug-likeness (QED) is 0.371. The van der Waals surface area contributed by atoms with Gasteiger partial charge in [-0.2, -0.15) is 0 Å². The number of carbonyl (C=O) groups excluding carboxylic acids is 4. The maximum Gasteiger partial charge on any atom is 0.419 e. The molecule has 2 aromatic heterocycles. The molecule has 0 spiro atoms. The van der Waals surface area contributed by atoms with E-state index in [1.807, 2.05) is 0 Å². The molecular weight excluding hydrogens is 570 g/mol. The van der Waals surface area contributed by atoms with Crippen LogP contribution in [0.5, 0.6) is 0 Å². The lowest BCUT2D eigenvalue weighted by Crippen LogP contribution is -2.51. The molecule has 3 aromatic rings. The van der Waals surface area contributed by atoms with E-state index < -0.39 is 29.7 Å². The molecular formula is C27H26F2N8O6. The smallest absolute Gasteiger partial charge is 0.419 e. The van der Waals surface area contributed by atoms with Crippen LogP contribution >= 0.6 is 0 Å². The third-order valence-corrected chi connectivity index (χ3v) is 6.60. The average molecular weight is 597 g/mol. The lowest BCUT2D eigenvalue weighted by Gasteiger charge is -2.36. The van der Waals surface area contributed by atoms with Gasteiger partial charge in [0.25, 0.3) is 5.91 Å². The lowest BCUT2D eigenvalue weighted by atomic mass is 10.2. The molecule has 2 N–H and O–H groups in total. The monoisotopic (exact) mass is 596 g/mol. The fourth-order valence-electron chi connectivity index (χ4n) is 4.51. The van der Waals surface area contributed by atoms with Crippen LogP contribution < -0.4 is 20.4 Å². The maximum absolute atomic E-state index is 15.2. The number of halogens is 2. The largest absolute Gasteiger partial charge is 0.445 e. The van der Waals surface area contributed by atoms with Gasteiger partial charge in [0.1, 0.15) is 23.7 Å². The number of ether oxygens (including phenoxy) is 2. The first kappa shape index (κ1) is 29.0. The number of rotatable bonds is 8. The Morgan fingerprint density at radius 3 is 2.58 bits per heavy atom. The summed E-state index contributed by atoms with van der Waals surface area (Å²) in [6.45, 7) is 3.58. The van der Waals surface area contributed by atoms with Crippen LogP contribution in [0.2, 0.25) is 0 Å². The van der Waals surface area contributed by atoms with Crippen LogP contribution in [-0.4, -0.2) is 89.1 Å². The summed E-state index contributed by atoms with van der Waals surface area (Å²) >= 11 is 0. The third kappa shape index (κ3) is 6.52. The van der Waals surface area contributed by atoms with Crippen molar-refractivity contribution in [3.63, 3.8) is 0 Å². The molecule has 0 saturated carbocycles. The number of anilines is 2. The molecule has 2 saturated heterocycles. The van der Waals surface area contributed by atoms with E-state index in [4.69, 9.17) is 9.47 Å². The van der Waals surface area contributed by atoms with Gasteiger partial charge in [-0.15, -0.1) is 0 Å². The number of fused-ring (bicyclic) bond motifs is 1. The zero-order chi connectivity index (χ0) is 30.5. The van der Waals surface area contributed by atoms with Crippen LogP contribution in [0.1, 0.15) is 10.5 Å². The Morgan fingerprint density at radius 2 is 1.88 bits per heavy atom. The number of hydrogen-bond acceptors (Lipinski definition) is 9. The number of imidazole rings is 1. The minimum Gasteiger partial charge on any atom is -0.445 e. The van der Waals surface area contributed by atoms with E-state index in [0.717, 1.165) is 23.2 Å². The molecule has 0 atom stereocenters. The van der Waals surface area contributed by atoms with Crippen LogP contribution in [0.4, 0.5) is 29.7 Å². The number of amides is 4. The van der Waals surface area contributed by atoms with E-state index in [1.165, 1.54) is 28.3 Å². The molecule has 5 rings (SSSR count). The molecule has 16 heteroatoms. The van der Waals surface area contributed by atoms with Gasteiger partial charge in [0.15, 0.2) is 17.3 Å². The van der Waals surface area contributed by atoms with Gasteiger partial charge < -0.3 is 29.0 Å². The molecule has 0 aliphatic carbocycles. The molecule has 2 aliphatic heterocycles. The van der Waals surface area contributed by atoms with E-state index >= 15 is 8.78 Å². The van der Waals surface area contributed by atoms with Gasteiger partial charge in [0, 0.05) is 63.1 Å². The Bertz CT molecular complexity index is 1560. The standard InChI is InChI=1S/C27H26F2N8O6/c1-2-9-42-26(40)32-12-18-15-37(27(41)43-18)17-10-19(28)24(20(29)11-17)35-7-5-34(6-8-35)23(38)14-31-25(39)21-16-36-4-3-30-13-22(36)33-21/h2-4,10-13,16H,1,5-9,14-15H2,(H,31,39)(H,32,40)/b18-12-. The van der Waals surface area contributed by atoms with Gasteiger partial charge in [-0.1, -0.05) is 12.7 Å². The summed E-state index contributed by atoms with van der Waals surface area (Å²) in [5.41, 5.74) is 0.254. The molecule has 0 bridgehead atoms. The van der Waals surface area contributed by atoms with Crippen LogP contribution in [0.3, 0.4) is 0 Å². The highest BCUT2D eigenvalue weighted by atomic mass is 19.1. The zero-order valence-corrected chi connectivity index (χ0v) is 22.7. The van der Waals surface area contributed by atoms with Gasteiger partial charge in [-0.25, -0.2) is 23.4 Å². The minimum absolute atomic E-state index is 0.0153. The van der Waals surface area contributed by atoms with E-state index in [2.05, 4.69) is 27.2 Å². The highest BCUT2D eigenvalue weighted by molar-refractivity contribution is 5.95. The van der Waals surface area contributed by atoms with E-state index in [1.54, 1.807) is 16.8 Å². The van der Waals surface area contributed by atoms with Crippen molar-refractivity contribution >= 4 is 41.0 Å². The van der Waals surface area contributed by atoms with Crippen molar-refractivity contribution in [2.24, 2.45) is 0 Å². The molecule has 4 amide bonds. The summed E-state index contributed by atoms with van der Waals surface area (Å²) < 4.78 is 41.7. The molecule has 2 aliphatic rings. The third-order valence-electron chi connectivity index (χ3n) is 6.60. The van der Waals surface area contributed by atoms with Crippen LogP contribution in [0.25, 0.3) is 5.65 Å². The predicted octanol–water partition coefficient (Wildman–Crippen LogP) is 1.80. The van der Waals surface area contributed by atoms with Gasteiger partial charge in [0.2, 0.25) is 5.91 Å². The SMILES string of the molecule is C=CCOC(=O)N/C=C1/CN(c2cc(F)c(N3CCN(C(=O)CNC(=O)c4cn5ccncc5n4)CC3)c(F)c2)C(=O)O1. The molecule has 43 heavy (non-hydrogen) atoms. The van der Waals surface area contributed by atoms with Crippen molar-refractivity contribution in [1.82, 2.24) is 29.9 Å². The highest BCUT2D eigenvalue weighted by Gasteiger charge is 2.31. The second kappa shape index (κ2) is 12.5. The number of benzene rings is 1. The van der Waals surface area contributed by atoms with Crippen molar-refractivity contribution in [3.8, 4) is 0 Å². The number of nitrogens with zero attached hydrogens (tertiary/aromatic N) is 6. The first-order valence-electron chi connectivity index (χ1n) is 13.0. The van der Waals surface area contributed by atoms with Crippen molar-refractivity contribution in [2.45, 2.75) is 0 Å². The van der Waals surface area contributed by atoms with E-state index in [0.29, 0.717) is 5.65 Å². The van der Waals surface area contributed by atoms with Gasteiger partial charge in [0.05, 0.1) is 25.0 Å². The summed E-state index contributed by atoms with van der Waals surface area (Å²) in [5.74, 6) is -2.64. The predicted molar refractivity (Wildman–Crippen MR) is 147 cm³/mol. The molecule has 1 aromatic carbocycles. The second-order valence-corrected chi connectivity index (χ2v) is 9.37. The summed E-state index contributed by atoms with van der Waals surface area (Å²) in [6, 6.07) is 2.02. The summed E-state index contributed by atoms with van der Waals surface area (Å²) in [5, 5.41) is 4.82. The van der Waals surface area contributed by atoms with Crippen molar-refractivity contribution < 1.29 is 37.4 Å². The molecule has 0 unspecified atom stereocenters. The topological polar surface area (TPSA) is 151 Å². The maximum atomic E-state index is 15.2. The number of piperazine rings is 1. The number of hydrogen-bond donors (Lipinski definition) is 2. The molecule has 2 fully saturated rings. The zero-order valence-electron chi connectivity index (χ0n) is 22.7. The Balaban J connectivity index is 1.14. The summed E-state index contributed by atoms with van der Waals surface area (Å²) in [4.78, 5) is 61.0. The van der Waals surface area contributed by atoms with Gasteiger partial charge in [-0.05, 0) is 0 Å². The van der Waals surface area contributed by atoms with Gasteiger partial charge in [-0.3, -0.25) is 24.8 Å². The minimum atomic E-state index is -0.902. The number of aromatic nitrogens is 3. The second-order valence-electron chi connectivity index (χ2n) is 9.37. The Kier molecular flexibility index (Phi) is 8.45. The first-order chi connectivity index (χ1) is 20.7. The van der Waals surface area contributed by atoms with Crippen LogP contribution in [0.15, 0.2) is 61.5 Å². The fraction of sp³-hybridized carbons (Fsp3) is 0.259. The summed E-state index contributed by atoms with van der Waals surface area (Å²) in [6.07, 6.45) is 7.04. The van der Waals surface area contributed by atoms with Gasteiger partial charge >= 0.3 is 12.2 Å². The van der Waals surface area contributed by atoms with Crippen molar-refractivity contribution in [1.29, 1.82) is 0 Å². The van der Waals surface area contributed by atoms with Crippen molar-refractivity contribution in [3.05, 3.63) is 78.9 Å². The molecule has 4 heterocycles. The first-order valence-corrected chi connectivity index (χ1v) is 13.0. The normalized spacial score (nSPS) is 15.9. The fourth-order valence-corrected chi connectivity index (χ4v) is 4.51. The van der Waals surface area contributed by atoms with Crippen LogP contribution in [0, 0.1) is 11.6 Å². The lowest BCUT2D eigenvalue weighted by molar-refractivity contribution is -0.130. The number of cyclic esters (lactones) is 1. The van der Waals surface area contributed by atoms with Crippen molar-refractivity contribution in [2.75, 3.05) is 55.7 Å².